The average molecular weight is 461 g/mol. The predicted molar refractivity (Wildman–Crippen MR) is 129 cm³/mol. The molecule has 4 rings (SSSR count). The standard InChI is InChI=1S/C23H25ClN2O2S2/c1-3-4-5-6-7-16-14-25-21-10-9-18(13-20(16)21)26-30(27,28)23-15(2)19-12-17(24)8-11-22(19)29-23/h8-14,25-26H,3-7H2,1-2H3. The lowest BCUT2D eigenvalue weighted by molar-refractivity contribution is 0.603. The van der Waals surface area contributed by atoms with Gasteiger partial charge in [-0.05, 0) is 72.7 Å². The second kappa shape index (κ2) is 8.61. The minimum atomic E-state index is -3.69. The van der Waals surface area contributed by atoms with Gasteiger partial charge in [-0.3, -0.25) is 4.72 Å². The van der Waals surface area contributed by atoms with Crippen molar-refractivity contribution >= 4 is 59.6 Å². The maximum absolute atomic E-state index is 13.1. The van der Waals surface area contributed by atoms with Gasteiger partial charge < -0.3 is 4.98 Å². The van der Waals surface area contributed by atoms with Crippen LogP contribution in [0.2, 0.25) is 5.02 Å². The lowest BCUT2D eigenvalue weighted by Gasteiger charge is -2.08. The summed E-state index contributed by atoms with van der Waals surface area (Å²) in [6.45, 7) is 4.03. The molecule has 158 valence electrons. The van der Waals surface area contributed by atoms with Crippen molar-refractivity contribution in [1.82, 2.24) is 4.98 Å². The van der Waals surface area contributed by atoms with Gasteiger partial charge in [0.15, 0.2) is 0 Å². The normalized spacial score (nSPS) is 12.1. The molecule has 2 aromatic heterocycles. The number of sulfonamides is 1. The maximum atomic E-state index is 13.1. The Morgan fingerprint density at radius 2 is 1.90 bits per heavy atom. The fourth-order valence-electron chi connectivity index (χ4n) is 3.82. The largest absolute Gasteiger partial charge is 0.361 e. The first-order valence-corrected chi connectivity index (χ1v) is 12.9. The summed E-state index contributed by atoms with van der Waals surface area (Å²) in [4.78, 5) is 3.30. The van der Waals surface area contributed by atoms with Crippen molar-refractivity contribution < 1.29 is 8.42 Å². The van der Waals surface area contributed by atoms with Crippen LogP contribution in [0.4, 0.5) is 5.69 Å². The molecule has 0 aliphatic carbocycles. The summed E-state index contributed by atoms with van der Waals surface area (Å²) in [6.07, 6.45) is 7.84. The van der Waals surface area contributed by atoms with Gasteiger partial charge in [0, 0.05) is 32.5 Å². The van der Waals surface area contributed by atoms with Crippen molar-refractivity contribution in [2.45, 2.75) is 50.2 Å². The van der Waals surface area contributed by atoms with Gasteiger partial charge in [-0.25, -0.2) is 8.42 Å². The predicted octanol–water partition coefficient (Wildman–Crippen LogP) is 7.27. The Labute approximate surface area is 186 Å². The van der Waals surface area contributed by atoms with E-state index in [1.165, 1.54) is 36.2 Å². The molecule has 2 aromatic carbocycles. The molecule has 2 N–H and O–H groups in total. The van der Waals surface area contributed by atoms with Gasteiger partial charge in [0.25, 0.3) is 10.0 Å². The van der Waals surface area contributed by atoms with E-state index in [0.29, 0.717) is 14.9 Å². The SMILES string of the molecule is CCCCCCc1c[nH]c2ccc(NS(=O)(=O)c3sc4ccc(Cl)cc4c3C)cc12. The zero-order chi connectivity index (χ0) is 21.3. The van der Waals surface area contributed by atoms with Crippen LogP contribution in [-0.2, 0) is 16.4 Å². The van der Waals surface area contributed by atoms with Gasteiger partial charge in [-0.2, -0.15) is 0 Å². The number of nitrogens with one attached hydrogen (secondary N) is 2. The summed E-state index contributed by atoms with van der Waals surface area (Å²) in [5, 5.41) is 2.56. The minimum absolute atomic E-state index is 0.328. The highest BCUT2D eigenvalue weighted by Gasteiger charge is 2.22. The molecule has 0 saturated heterocycles. The summed E-state index contributed by atoms with van der Waals surface area (Å²) in [5.41, 5.74) is 3.56. The maximum Gasteiger partial charge on any atom is 0.271 e. The number of thiophene rings is 1. The molecule has 0 amide bonds. The molecule has 0 radical (unpaired) electrons. The van der Waals surface area contributed by atoms with Crippen LogP contribution in [0.15, 0.2) is 46.8 Å². The lowest BCUT2D eigenvalue weighted by atomic mass is 10.1. The van der Waals surface area contributed by atoms with Crippen molar-refractivity contribution in [2.24, 2.45) is 0 Å². The molecule has 0 bridgehead atoms. The minimum Gasteiger partial charge on any atom is -0.361 e. The monoisotopic (exact) mass is 460 g/mol. The third-order valence-corrected chi connectivity index (χ3v) is 8.93. The smallest absolute Gasteiger partial charge is 0.271 e. The number of H-pyrrole nitrogens is 1. The van der Waals surface area contributed by atoms with E-state index in [2.05, 4.69) is 16.6 Å². The first-order valence-electron chi connectivity index (χ1n) is 10.2. The second-order valence-electron chi connectivity index (χ2n) is 7.65. The first kappa shape index (κ1) is 21.2. The van der Waals surface area contributed by atoms with E-state index in [9.17, 15) is 8.42 Å². The van der Waals surface area contributed by atoms with Gasteiger partial charge in [0.2, 0.25) is 0 Å². The molecule has 0 aliphatic rings. The van der Waals surface area contributed by atoms with Crippen LogP contribution in [0.25, 0.3) is 21.0 Å². The fourth-order valence-corrected chi connectivity index (χ4v) is 6.79. The Balaban J connectivity index is 1.62. The van der Waals surface area contributed by atoms with Gasteiger partial charge in [-0.15, -0.1) is 11.3 Å². The summed E-state index contributed by atoms with van der Waals surface area (Å²) in [5.74, 6) is 0. The van der Waals surface area contributed by atoms with Gasteiger partial charge in [-0.1, -0.05) is 37.8 Å². The van der Waals surface area contributed by atoms with Crippen LogP contribution in [0, 0.1) is 6.92 Å². The molecule has 0 spiro atoms. The van der Waals surface area contributed by atoms with Crippen molar-refractivity contribution in [1.29, 1.82) is 0 Å². The number of hydrogen-bond donors (Lipinski definition) is 2. The van der Waals surface area contributed by atoms with E-state index in [1.807, 2.05) is 37.4 Å². The molecule has 0 atom stereocenters. The molecule has 0 fully saturated rings. The van der Waals surface area contributed by atoms with Crippen molar-refractivity contribution in [3.8, 4) is 0 Å². The Morgan fingerprint density at radius 1 is 1.07 bits per heavy atom. The number of fused-ring (bicyclic) bond motifs is 2. The highest BCUT2D eigenvalue weighted by molar-refractivity contribution is 7.94. The van der Waals surface area contributed by atoms with E-state index in [1.54, 1.807) is 12.1 Å². The molecule has 0 aliphatic heterocycles. The van der Waals surface area contributed by atoms with E-state index < -0.39 is 10.0 Å². The average Bonchev–Trinajstić information content (AvgIpc) is 3.26. The van der Waals surface area contributed by atoms with E-state index >= 15 is 0 Å². The number of aromatic nitrogens is 1. The zero-order valence-corrected chi connectivity index (χ0v) is 19.5. The number of aromatic amines is 1. The number of benzene rings is 2. The lowest BCUT2D eigenvalue weighted by Crippen LogP contribution is -2.12. The van der Waals surface area contributed by atoms with Gasteiger partial charge in [0.1, 0.15) is 4.21 Å². The molecular formula is C23H25ClN2O2S2. The topological polar surface area (TPSA) is 62.0 Å². The Bertz CT molecular complexity index is 1310. The molecule has 30 heavy (non-hydrogen) atoms. The molecule has 0 unspecified atom stereocenters. The molecule has 0 saturated carbocycles. The molecule has 2 heterocycles. The number of unbranched alkanes of at least 4 members (excludes halogenated alkanes) is 3. The van der Waals surface area contributed by atoms with Crippen LogP contribution >= 0.6 is 22.9 Å². The number of rotatable bonds is 8. The third kappa shape index (κ3) is 4.22. The summed E-state index contributed by atoms with van der Waals surface area (Å²) in [6, 6.07) is 11.1. The quantitative estimate of drug-likeness (QED) is 0.271. The van der Waals surface area contributed by atoms with Crippen LogP contribution in [-0.4, -0.2) is 13.4 Å². The Hall–Kier alpha value is -2.02. The van der Waals surface area contributed by atoms with E-state index in [-0.39, 0.29) is 0 Å². The molecular weight excluding hydrogens is 436 g/mol. The van der Waals surface area contributed by atoms with Crippen LogP contribution in [0.3, 0.4) is 0 Å². The molecule has 7 heteroatoms. The van der Waals surface area contributed by atoms with Crippen LogP contribution < -0.4 is 4.72 Å². The van der Waals surface area contributed by atoms with Gasteiger partial charge in [0.05, 0.1) is 0 Å². The Morgan fingerprint density at radius 3 is 2.70 bits per heavy atom. The van der Waals surface area contributed by atoms with Crippen LogP contribution in [0.1, 0.15) is 43.7 Å². The second-order valence-corrected chi connectivity index (χ2v) is 11.0. The summed E-state index contributed by atoms with van der Waals surface area (Å²) in [7, 11) is -3.69. The number of anilines is 1. The molecule has 4 nitrogen and oxygen atoms in total. The first-order chi connectivity index (χ1) is 14.4. The van der Waals surface area contributed by atoms with Gasteiger partial charge >= 0.3 is 0 Å². The number of halogens is 1. The number of aryl methyl sites for hydroxylation is 2. The fraction of sp³-hybridized carbons (Fsp3) is 0.304. The van der Waals surface area contributed by atoms with Crippen molar-refractivity contribution in [3.63, 3.8) is 0 Å². The van der Waals surface area contributed by atoms with E-state index in [4.69, 9.17) is 11.6 Å². The third-order valence-electron chi connectivity index (χ3n) is 5.42. The van der Waals surface area contributed by atoms with E-state index in [0.717, 1.165) is 39.4 Å². The molecule has 4 aromatic rings. The number of hydrogen-bond acceptors (Lipinski definition) is 3. The summed E-state index contributed by atoms with van der Waals surface area (Å²) < 4.78 is 30.3. The summed E-state index contributed by atoms with van der Waals surface area (Å²) >= 11 is 7.36. The Kier molecular flexibility index (Phi) is 6.09. The van der Waals surface area contributed by atoms with Crippen LogP contribution in [0.5, 0.6) is 0 Å². The zero-order valence-electron chi connectivity index (χ0n) is 17.1. The van der Waals surface area contributed by atoms with Crippen molar-refractivity contribution in [3.05, 3.63) is 58.7 Å². The van der Waals surface area contributed by atoms with Crippen molar-refractivity contribution in [2.75, 3.05) is 4.72 Å². The highest BCUT2D eigenvalue weighted by atomic mass is 35.5. The highest BCUT2D eigenvalue weighted by Crippen LogP contribution is 2.36.